The summed E-state index contributed by atoms with van der Waals surface area (Å²) in [5.74, 6) is 0.861. The van der Waals surface area contributed by atoms with Crippen molar-refractivity contribution in [3.8, 4) is 0 Å². The topological polar surface area (TPSA) is 407 Å². The van der Waals surface area contributed by atoms with Crippen molar-refractivity contribution < 1.29 is 91.4 Å². The van der Waals surface area contributed by atoms with E-state index in [1.54, 1.807) is 52.8 Å². The van der Waals surface area contributed by atoms with Gasteiger partial charge in [0.05, 0.1) is 130 Å². The number of hydrogen-bond donors (Lipinski definition) is 2. The minimum atomic E-state index is -4.55. The summed E-state index contributed by atoms with van der Waals surface area (Å²) in [5, 5.41) is 11.1. The molecule has 46 heteroatoms. The minimum absolute atomic E-state index is 0.121. The second-order valence-electron chi connectivity index (χ2n) is 32.3. The molecule has 0 radical (unpaired) electrons. The average molecular weight is 1960 g/mol. The maximum absolute atomic E-state index is 13.1. The number of aliphatic carboxylic acids is 1. The van der Waals surface area contributed by atoms with E-state index >= 15 is 0 Å². The Labute approximate surface area is 744 Å². The molecule has 0 spiro atoms. The van der Waals surface area contributed by atoms with Crippen LogP contribution in [-0.4, -0.2) is 274 Å². The van der Waals surface area contributed by atoms with Crippen molar-refractivity contribution in [2.45, 2.75) is 143 Å². The summed E-state index contributed by atoms with van der Waals surface area (Å²) in [6.07, 6.45) is 6.36. The van der Waals surface area contributed by atoms with Gasteiger partial charge in [0.1, 0.15) is 57.7 Å². The molecule has 12 heterocycles. The molecule has 17 rings (SSSR count). The highest BCUT2D eigenvalue weighted by Gasteiger charge is 2.58. The van der Waals surface area contributed by atoms with Crippen LogP contribution in [0.5, 0.6) is 0 Å². The van der Waals surface area contributed by atoms with Crippen molar-refractivity contribution in [2.75, 3.05) is 191 Å². The van der Waals surface area contributed by atoms with Crippen LogP contribution >= 0.6 is 80.6 Å². The summed E-state index contributed by atoms with van der Waals surface area (Å²) in [4.78, 5) is 93.5. The summed E-state index contributed by atoms with van der Waals surface area (Å²) in [6.45, 7) is 22.9. The second-order valence-corrected chi connectivity index (χ2v) is 38.7. The van der Waals surface area contributed by atoms with Gasteiger partial charge in [-0.3, -0.25) is 9.59 Å². The average Bonchev–Trinajstić information content (AvgIpc) is 1.61. The van der Waals surface area contributed by atoms with Crippen LogP contribution in [0.3, 0.4) is 0 Å². The summed E-state index contributed by atoms with van der Waals surface area (Å²) < 4.78 is 133. The van der Waals surface area contributed by atoms with E-state index in [4.69, 9.17) is 106 Å². The first-order valence-corrected chi connectivity index (χ1v) is 47.1. The highest BCUT2D eigenvalue weighted by atomic mass is 127. The fourth-order valence-corrected chi connectivity index (χ4v) is 17.9. The number of esters is 1. The van der Waals surface area contributed by atoms with Crippen molar-refractivity contribution in [1.82, 2.24) is 54.8 Å². The smallest absolute Gasteiger partial charge is 0.481 e. The molecule has 6 saturated heterocycles. The number of halogens is 9. The third-order valence-corrected chi connectivity index (χ3v) is 26.6. The Kier molecular flexibility index (Phi) is 30.2. The maximum Gasteiger partial charge on any atom is 0.497 e. The third kappa shape index (κ3) is 23.8. The predicted octanol–water partition coefficient (Wildman–Crippen LogP) is 8.60. The molecule has 0 aromatic carbocycles. The molecule has 5 aliphatic carbocycles. The Hall–Kier alpha value is -6.59. The molecule has 0 unspecified atom stereocenters. The van der Waals surface area contributed by atoms with Gasteiger partial charge in [-0.1, -0.05) is 80.6 Å². The van der Waals surface area contributed by atoms with E-state index in [0.29, 0.717) is 173 Å². The molecule has 0 amide bonds. The standard InChI is InChI=1S/C14H18ClN3O3.C13H16ClN3O5S.C13H18ClN3O3S.C12H16BF3N2O2.C12H15ClIN3O.C12H14ClN3O3/c1-2-21-12(19)14(3-4-14)10-9-11(15)17-13(16-10)18-5-7-20-8-6-18;1-23(19,20)22-11(18)13(2-3-13)9-8-10(14)16-12(15-9)17-4-6-21-7-5-17;1-21(18,19)9-13(2-3-13)10-8-11(14)16-12(15-10)17-4-6-20-7-5-17;1-10(2)11(3,4)20-13(19-10)8-6-18-9(17)5-7(8)12(14,15)16;13-10-7-9(12(8-14)1-2-12)15-11(16-10)17-3-5-18-6-4-17;13-9-7-8(12(1-2-12)10(17)18)14-11(15-9)16-3-5-19-6-4-16/h9H,2-8H2,1H3;8H,2-7H2,1H3;8H,2-7,9H2,1H3;5-6H,1-4H3,(H2,17,18);7H,1-6,8H2;7H,1-6H2,(H,17,18). The number of carbonyl (C=O) groups excluding carboxylic acids is 2. The van der Waals surface area contributed by atoms with E-state index in [9.17, 15) is 49.5 Å². The van der Waals surface area contributed by atoms with Gasteiger partial charge in [0.25, 0.3) is 0 Å². The number of morpholine rings is 5. The Balaban J connectivity index is 0.000000134. The monoisotopic (exact) mass is 1950 g/mol. The van der Waals surface area contributed by atoms with Gasteiger partial charge < -0.3 is 77.3 Å². The van der Waals surface area contributed by atoms with Crippen molar-refractivity contribution in [3.05, 3.63) is 102 Å². The van der Waals surface area contributed by atoms with Crippen LogP contribution in [0.4, 0.5) is 48.7 Å². The molecule has 0 bridgehead atoms. The number of sulfone groups is 1. The molecule has 11 aliphatic rings. The number of nitrogen functional groups attached to an aromatic ring is 1. The van der Waals surface area contributed by atoms with Crippen LogP contribution in [0, 0.1) is 0 Å². The number of anilines is 6. The highest BCUT2D eigenvalue weighted by Crippen LogP contribution is 2.53. The molecule has 34 nitrogen and oxygen atoms in total. The lowest BCUT2D eigenvalue weighted by molar-refractivity contribution is -0.146. The van der Waals surface area contributed by atoms with Crippen LogP contribution in [-0.2, 0) is 110 Å². The number of aromatic nitrogens is 11. The predicted molar refractivity (Wildman–Crippen MR) is 458 cm³/mol. The number of nitrogens with zero attached hydrogens (tertiary/aromatic N) is 16. The van der Waals surface area contributed by atoms with E-state index in [0.717, 1.165) is 118 Å². The quantitative estimate of drug-likeness (QED) is 0.0191. The van der Waals surface area contributed by atoms with E-state index in [1.807, 2.05) is 25.7 Å². The van der Waals surface area contributed by atoms with Gasteiger partial charge in [-0.15, -0.1) is 0 Å². The Bertz CT molecular complexity index is 4970. The van der Waals surface area contributed by atoms with E-state index in [-0.39, 0.29) is 39.0 Å². The SMILES string of the molecule is CC1(C)OB(c2cnc(N)cc2C(F)(F)F)OC1(C)C.CCOC(=O)C1(c2cc(Cl)nc(N3CCOCC3)n2)CC1.CS(=O)(=O)CC1(c2cc(Cl)nc(N3CCOCC3)n2)CC1.CS(=O)(=O)OC(=O)C1(c2cc(Cl)nc(N3CCOCC3)n2)CC1.Clc1cc(C2(CI)CC2)nc(N2CCOCC2)n1.O=C(O)C1(c2cc(Cl)nc(N3CCOCC3)n2)CC1. The summed E-state index contributed by atoms with van der Waals surface area (Å²) in [7, 11) is -8.04. The van der Waals surface area contributed by atoms with Crippen LogP contribution in [0.1, 0.15) is 133 Å². The molecule has 666 valence electrons. The molecule has 6 aromatic heterocycles. The first-order valence-electron chi connectivity index (χ1n) is 39.8. The lowest BCUT2D eigenvalue weighted by Crippen LogP contribution is -2.41. The fourth-order valence-electron chi connectivity index (χ4n) is 14.0. The number of hydrogen-bond acceptors (Lipinski definition) is 33. The molecule has 5 saturated carbocycles. The number of rotatable bonds is 19. The highest BCUT2D eigenvalue weighted by molar-refractivity contribution is 14.1. The zero-order valence-corrected chi connectivity index (χ0v) is 76.0. The minimum Gasteiger partial charge on any atom is -0.481 e. The second kappa shape index (κ2) is 38.9. The van der Waals surface area contributed by atoms with Gasteiger partial charge in [-0.05, 0) is 135 Å². The summed E-state index contributed by atoms with van der Waals surface area (Å²) in [6, 6.07) is 9.14. The first kappa shape index (κ1) is 94.5. The van der Waals surface area contributed by atoms with Gasteiger partial charge in [-0.25, -0.2) is 68.0 Å². The summed E-state index contributed by atoms with van der Waals surface area (Å²) >= 11 is 32.9. The maximum atomic E-state index is 13.1. The summed E-state index contributed by atoms with van der Waals surface area (Å²) in [5.41, 5.74) is 3.65. The molecular weight excluding hydrogens is 1860 g/mol. The fraction of sp³-hybridized carbons (Fsp3) is 0.632. The number of pyridine rings is 1. The number of alkyl halides is 4. The van der Waals surface area contributed by atoms with Crippen LogP contribution in [0.25, 0.3) is 0 Å². The lowest BCUT2D eigenvalue weighted by atomic mass is 9.77. The normalized spacial score (nSPS) is 21.0. The zero-order chi connectivity index (χ0) is 88.0. The van der Waals surface area contributed by atoms with Crippen molar-refractivity contribution in [1.29, 1.82) is 0 Å². The van der Waals surface area contributed by atoms with Crippen LogP contribution in [0.2, 0.25) is 25.8 Å². The van der Waals surface area contributed by atoms with Gasteiger partial charge in [-0.2, -0.15) is 21.6 Å². The number of carboxylic acids is 1. The molecule has 6 aliphatic heterocycles. The first-order chi connectivity index (χ1) is 57.6. The van der Waals surface area contributed by atoms with Gasteiger partial charge in [0.15, 0.2) is 0 Å². The Morgan fingerprint density at radius 1 is 0.492 bits per heavy atom. The number of nitrogens with two attached hydrogens (primary N) is 1. The van der Waals surface area contributed by atoms with E-state index in [2.05, 4.69) is 81.5 Å². The molecule has 122 heavy (non-hydrogen) atoms. The van der Waals surface area contributed by atoms with Crippen LogP contribution < -0.4 is 35.7 Å². The Morgan fingerprint density at radius 3 is 1.07 bits per heavy atom. The van der Waals surface area contributed by atoms with Crippen molar-refractivity contribution in [3.63, 3.8) is 0 Å². The molecule has 11 fully saturated rings. The lowest BCUT2D eigenvalue weighted by Gasteiger charge is -2.32. The van der Waals surface area contributed by atoms with E-state index < -0.39 is 78.2 Å². The molecular formula is C76H97BCl5F3IN17O17S2. The molecule has 3 N–H and O–H groups in total. The van der Waals surface area contributed by atoms with Gasteiger partial charge in [0, 0.05) is 98.6 Å². The van der Waals surface area contributed by atoms with Crippen molar-refractivity contribution in [2.24, 2.45) is 0 Å². The largest absolute Gasteiger partial charge is 0.497 e. The van der Waals surface area contributed by atoms with Gasteiger partial charge >= 0.3 is 41.3 Å². The molecule has 0 atom stereocenters. The number of carboxylic acid groups (broad SMARTS) is 1. The number of carbonyl (C=O) groups is 3. The van der Waals surface area contributed by atoms with Gasteiger partial charge in [0.2, 0.25) is 29.7 Å². The Morgan fingerprint density at radius 2 is 0.795 bits per heavy atom. The third-order valence-electron chi connectivity index (χ3n) is 22.7. The molecule has 6 aromatic rings. The van der Waals surface area contributed by atoms with E-state index in [1.165, 1.54) is 25.2 Å². The number of ether oxygens (including phenoxy) is 6. The van der Waals surface area contributed by atoms with Crippen molar-refractivity contribution >= 4 is 167 Å². The van der Waals surface area contributed by atoms with Crippen LogP contribution in [0.15, 0.2) is 42.6 Å². The zero-order valence-electron chi connectivity index (χ0n) is 68.4.